The van der Waals surface area contributed by atoms with Crippen LogP contribution in [0.2, 0.25) is 19.6 Å². The lowest BCUT2D eigenvalue weighted by molar-refractivity contribution is -0.128. The fourth-order valence-electron chi connectivity index (χ4n) is 11.1. The van der Waals surface area contributed by atoms with Crippen LogP contribution in [0, 0.1) is 33.5 Å². The van der Waals surface area contributed by atoms with Crippen LogP contribution in [0.5, 0.6) is 0 Å². The van der Waals surface area contributed by atoms with Gasteiger partial charge in [-0.1, -0.05) is 37.1 Å². The molecule has 0 amide bonds. The van der Waals surface area contributed by atoms with Crippen LogP contribution in [-0.2, 0) is 9.22 Å². The molecule has 0 aliphatic heterocycles. The Balaban J connectivity index is 0.000000184. The molecular weight excluding hydrogens is 585 g/mol. The number of aliphatic hydroxyl groups excluding tert-OH is 1. The Morgan fingerprint density at radius 1 is 0.826 bits per heavy atom. The molecule has 5 heteroatoms. The summed E-state index contributed by atoms with van der Waals surface area (Å²) < 4.78 is 6.39. The highest BCUT2D eigenvalue weighted by Gasteiger charge is 2.58. The molecule has 4 fully saturated rings. The van der Waals surface area contributed by atoms with Crippen LogP contribution in [0.4, 0.5) is 0 Å². The van der Waals surface area contributed by atoms with Gasteiger partial charge < -0.3 is 14.6 Å². The summed E-state index contributed by atoms with van der Waals surface area (Å²) in [6.45, 7) is 20.0. The fourth-order valence-corrected chi connectivity index (χ4v) is 12.8. The number of allylic oxidation sites excluding steroid dienone is 4. The number of hydrogen-bond acceptors (Lipinski definition) is 4. The van der Waals surface area contributed by atoms with Gasteiger partial charge in [-0.25, -0.2) is 0 Å². The Kier molecular flexibility index (Phi) is 10.2. The van der Waals surface area contributed by atoms with Crippen LogP contribution in [0.1, 0.15) is 157 Å². The average Bonchev–Trinajstić information content (AvgIpc) is 3.79. The molecule has 0 aromatic carbocycles. The molecule has 0 aromatic rings. The maximum atomic E-state index is 12.4. The maximum Gasteiger partial charge on any atom is 0.184 e. The number of ketones is 1. The van der Waals surface area contributed by atoms with E-state index in [0.717, 1.165) is 51.4 Å². The van der Waals surface area contributed by atoms with Crippen molar-refractivity contribution >= 4 is 14.1 Å². The van der Waals surface area contributed by atoms with E-state index >= 15 is 0 Å². The minimum Gasteiger partial charge on any atom is -0.413 e. The van der Waals surface area contributed by atoms with Gasteiger partial charge in [-0.3, -0.25) is 4.79 Å². The third-order valence-corrected chi connectivity index (χ3v) is 14.6. The molecule has 262 valence electrons. The molecule has 0 heterocycles. The van der Waals surface area contributed by atoms with E-state index in [4.69, 9.17) is 4.43 Å². The predicted octanol–water partition coefficient (Wildman–Crippen LogP) is 10.5. The van der Waals surface area contributed by atoms with Gasteiger partial charge in [-0.15, -0.1) is 0 Å². The highest BCUT2D eigenvalue weighted by Crippen LogP contribution is 2.68. The van der Waals surface area contributed by atoms with Crippen LogP contribution in [0.25, 0.3) is 0 Å². The summed E-state index contributed by atoms with van der Waals surface area (Å²) in [6, 6.07) is 0. The van der Waals surface area contributed by atoms with E-state index in [1.54, 1.807) is 11.1 Å². The van der Waals surface area contributed by atoms with Gasteiger partial charge in [-0.05, 0) is 184 Å². The zero-order valence-electron chi connectivity index (χ0n) is 31.3. The Bertz CT molecular complexity index is 1180. The predicted molar refractivity (Wildman–Crippen MR) is 193 cm³/mol. The maximum absolute atomic E-state index is 12.4. The van der Waals surface area contributed by atoms with Crippen molar-refractivity contribution < 1.29 is 19.4 Å². The number of aliphatic hydroxyl groups is 2. The minimum atomic E-state index is -1.49. The lowest BCUT2D eigenvalue weighted by Gasteiger charge is -2.44. The zero-order chi connectivity index (χ0) is 33.8. The highest BCUT2D eigenvalue weighted by atomic mass is 28.4. The lowest BCUT2D eigenvalue weighted by atomic mass is 9.62. The van der Waals surface area contributed by atoms with E-state index in [2.05, 4.69) is 59.5 Å². The zero-order valence-corrected chi connectivity index (χ0v) is 32.3. The second-order valence-corrected chi connectivity index (χ2v) is 24.0. The molecular formula is C41H70O4Si. The standard InChI is InChI=1S/C22H38O2Si.C19H32O2/c1-20(2,24-25(4,5)6)12-8-14-22(15-16-22)19-11-10-17-18(23)9-7-13-21(17,19)3;1-17(2,21)9-5-11-19(12-13-19)16-8-7-14-15(20)6-4-10-18(14,16)3/h11,17H,7-10,12-16H2,1-6H3;8,14-15,20-21H,4-7,9-13H2,1-3H3/t17?,21-;14?,15-,18-/m00/s1. The van der Waals surface area contributed by atoms with Crippen LogP contribution in [-0.4, -0.2) is 41.6 Å². The van der Waals surface area contributed by atoms with E-state index in [0.29, 0.717) is 28.4 Å². The summed E-state index contributed by atoms with van der Waals surface area (Å²) in [7, 11) is -1.49. The van der Waals surface area contributed by atoms with Crippen molar-refractivity contribution in [2.75, 3.05) is 0 Å². The molecule has 0 aromatic heterocycles. The smallest absolute Gasteiger partial charge is 0.184 e. The van der Waals surface area contributed by atoms with Crippen molar-refractivity contribution in [1.29, 1.82) is 0 Å². The van der Waals surface area contributed by atoms with Crippen molar-refractivity contribution in [1.82, 2.24) is 0 Å². The SMILES string of the molecule is CC(C)(CCCC1(C2=CCC3C(=O)CCC[C@]23C)CC1)O[Si](C)(C)C.CC(C)(O)CCCC1(C2=CCC3[C@@H](O)CCC[C@]23C)CC1. The van der Waals surface area contributed by atoms with E-state index < -0.39 is 13.9 Å². The van der Waals surface area contributed by atoms with Crippen LogP contribution >= 0.6 is 0 Å². The largest absolute Gasteiger partial charge is 0.413 e. The average molecular weight is 655 g/mol. The van der Waals surface area contributed by atoms with Crippen molar-refractivity contribution in [3.8, 4) is 0 Å². The summed E-state index contributed by atoms with van der Waals surface area (Å²) in [5, 5.41) is 20.3. The normalized spacial score (nSPS) is 34.6. The lowest BCUT2D eigenvalue weighted by Crippen LogP contribution is -2.40. The van der Waals surface area contributed by atoms with E-state index in [1.807, 2.05) is 13.8 Å². The summed E-state index contributed by atoms with van der Waals surface area (Å²) in [4.78, 5) is 12.4. The van der Waals surface area contributed by atoms with Gasteiger partial charge in [0.1, 0.15) is 5.78 Å². The molecule has 0 spiro atoms. The summed E-state index contributed by atoms with van der Waals surface area (Å²) >= 11 is 0. The number of carbonyl (C=O) groups is 1. The van der Waals surface area contributed by atoms with Crippen LogP contribution in [0.3, 0.4) is 0 Å². The number of Topliss-reactive ketones (excluding diaryl/α,β-unsaturated/α-hetero) is 1. The van der Waals surface area contributed by atoms with Crippen LogP contribution < -0.4 is 0 Å². The van der Waals surface area contributed by atoms with Gasteiger partial charge in [0.15, 0.2) is 8.32 Å². The Morgan fingerprint density at radius 3 is 1.93 bits per heavy atom. The first-order valence-electron chi connectivity index (χ1n) is 19.3. The minimum absolute atomic E-state index is 0.00213. The van der Waals surface area contributed by atoms with Gasteiger partial charge in [0.05, 0.1) is 17.3 Å². The topological polar surface area (TPSA) is 66.8 Å². The molecule has 4 nitrogen and oxygen atoms in total. The van der Waals surface area contributed by atoms with E-state index in [1.165, 1.54) is 64.2 Å². The monoisotopic (exact) mass is 655 g/mol. The second-order valence-electron chi connectivity index (χ2n) is 19.5. The molecule has 6 rings (SSSR count). The summed E-state index contributed by atoms with van der Waals surface area (Å²) in [5.74, 6) is 1.29. The van der Waals surface area contributed by atoms with E-state index in [-0.39, 0.29) is 22.5 Å². The first-order valence-corrected chi connectivity index (χ1v) is 22.7. The number of hydrogen-bond donors (Lipinski definition) is 2. The number of carbonyl (C=O) groups excluding carboxylic acids is 1. The highest BCUT2D eigenvalue weighted by molar-refractivity contribution is 6.69. The molecule has 6 aliphatic rings. The van der Waals surface area contributed by atoms with Crippen molar-refractivity contribution in [3.05, 3.63) is 23.3 Å². The molecule has 5 atom stereocenters. The molecule has 2 N–H and O–H groups in total. The van der Waals surface area contributed by atoms with E-state index in [9.17, 15) is 15.0 Å². The molecule has 0 bridgehead atoms. The van der Waals surface area contributed by atoms with Gasteiger partial charge in [0.25, 0.3) is 0 Å². The summed E-state index contributed by atoms with van der Waals surface area (Å²) in [6.07, 6.45) is 25.7. The van der Waals surface area contributed by atoms with Gasteiger partial charge in [-0.2, -0.15) is 0 Å². The third kappa shape index (κ3) is 7.84. The number of rotatable bonds is 12. The first-order chi connectivity index (χ1) is 21.2. The Hall–Kier alpha value is -0.753. The molecule has 0 saturated heterocycles. The van der Waals surface area contributed by atoms with Crippen molar-refractivity contribution in [3.63, 3.8) is 0 Å². The second kappa shape index (κ2) is 12.9. The first kappa shape index (κ1) is 36.5. The Morgan fingerprint density at radius 2 is 1.37 bits per heavy atom. The van der Waals surface area contributed by atoms with Gasteiger partial charge in [0.2, 0.25) is 0 Å². The molecule has 46 heavy (non-hydrogen) atoms. The van der Waals surface area contributed by atoms with Gasteiger partial charge in [0, 0.05) is 12.3 Å². The molecule has 6 aliphatic carbocycles. The van der Waals surface area contributed by atoms with Crippen molar-refractivity contribution in [2.24, 2.45) is 33.5 Å². The molecule has 4 saturated carbocycles. The third-order valence-electron chi connectivity index (χ3n) is 13.4. The van der Waals surface area contributed by atoms with Crippen LogP contribution in [0.15, 0.2) is 23.3 Å². The molecule has 2 unspecified atom stereocenters. The Labute approximate surface area is 283 Å². The molecule has 0 radical (unpaired) electrons. The summed E-state index contributed by atoms with van der Waals surface area (Å²) in [5.41, 5.74) is 4.09. The fraction of sp³-hybridized carbons (Fsp3) is 0.878. The van der Waals surface area contributed by atoms with Crippen molar-refractivity contribution in [2.45, 2.75) is 194 Å². The van der Waals surface area contributed by atoms with Gasteiger partial charge >= 0.3 is 0 Å². The number of fused-ring (bicyclic) bond motifs is 2. The quantitative estimate of drug-likeness (QED) is 0.162.